The summed E-state index contributed by atoms with van der Waals surface area (Å²) < 4.78 is 21.5. The molecule has 0 bridgehead atoms. The van der Waals surface area contributed by atoms with E-state index in [2.05, 4.69) is 0 Å². The summed E-state index contributed by atoms with van der Waals surface area (Å²) in [6, 6.07) is 12.1. The Morgan fingerprint density at radius 1 is 1.14 bits per heavy atom. The molecule has 148 valence electrons. The van der Waals surface area contributed by atoms with Crippen molar-refractivity contribution in [2.24, 2.45) is 0 Å². The largest absolute Gasteiger partial charge is 0.482 e. The number of hydrogen-bond acceptors (Lipinski definition) is 6. The molecular formula is C22H24O6. The fraction of sp³-hybridized carbons (Fsp3) is 0.364. The van der Waals surface area contributed by atoms with Gasteiger partial charge in [0.25, 0.3) is 0 Å². The van der Waals surface area contributed by atoms with Crippen LogP contribution in [-0.2, 0) is 14.3 Å². The lowest BCUT2D eigenvalue weighted by Crippen LogP contribution is -2.19. The van der Waals surface area contributed by atoms with Crippen molar-refractivity contribution in [2.45, 2.75) is 32.8 Å². The van der Waals surface area contributed by atoms with Gasteiger partial charge in [0.2, 0.25) is 0 Å². The molecule has 0 spiro atoms. The quantitative estimate of drug-likeness (QED) is 0.536. The molecule has 0 amide bonds. The van der Waals surface area contributed by atoms with E-state index in [-0.39, 0.29) is 25.1 Å². The van der Waals surface area contributed by atoms with E-state index in [1.54, 1.807) is 18.2 Å². The molecule has 0 saturated carbocycles. The van der Waals surface area contributed by atoms with Gasteiger partial charge in [-0.15, -0.1) is 0 Å². The molecule has 1 aliphatic rings. The highest BCUT2D eigenvalue weighted by atomic mass is 16.6. The van der Waals surface area contributed by atoms with Crippen LogP contribution >= 0.6 is 0 Å². The predicted octanol–water partition coefficient (Wildman–Crippen LogP) is 3.62. The van der Waals surface area contributed by atoms with E-state index in [9.17, 15) is 9.59 Å². The minimum absolute atomic E-state index is 0.0350. The first-order chi connectivity index (χ1) is 13.5. The second kappa shape index (κ2) is 9.37. The van der Waals surface area contributed by atoms with E-state index in [0.717, 1.165) is 24.0 Å². The first kappa shape index (κ1) is 19.9. The molecule has 0 radical (unpaired) electrons. The lowest BCUT2D eigenvalue weighted by atomic mass is 10.1. The number of ether oxygens (including phenoxy) is 4. The fourth-order valence-corrected chi connectivity index (χ4v) is 2.87. The van der Waals surface area contributed by atoms with Crippen molar-refractivity contribution in [1.29, 1.82) is 0 Å². The van der Waals surface area contributed by atoms with Gasteiger partial charge in [-0.25, -0.2) is 9.59 Å². The van der Waals surface area contributed by atoms with Gasteiger partial charge in [-0.1, -0.05) is 18.2 Å². The number of rotatable bonds is 7. The lowest BCUT2D eigenvalue weighted by Gasteiger charge is -2.11. The van der Waals surface area contributed by atoms with Crippen LogP contribution < -0.4 is 9.47 Å². The summed E-state index contributed by atoms with van der Waals surface area (Å²) in [5, 5.41) is 0. The topological polar surface area (TPSA) is 71.1 Å². The van der Waals surface area contributed by atoms with Crippen molar-refractivity contribution in [3.63, 3.8) is 0 Å². The molecule has 0 aliphatic carbocycles. The standard InChI is InChI=1S/C22H24O6/c1-15-8-9-16(2)20(11-15)26-14-21(23)28-18-6-3-5-17(12-18)22(24)27-13-19-7-4-10-25-19/h3,5-6,8-9,11-12,19H,4,7,10,13-14H2,1-2H3. The van der Waals surface area contributed by atoms with Gasteiger partial charge in [-0.3, -0.25) is 0 Å². The van der Waals surface area contributed by atoms with E-state index in [0.29, 0.717) is 17.9 Å². The molecule has 2 aromatic rings. The maximum atomic E-state index is 12.2. The number of hydrogen-bond donors (Lipinski definition) is 0. The first-order valence-electron chi connectivity index (χ1n) is 9.31. The number of carbonyl (C=O) groups is 2. The highest BCUT2D eigenvalue weighted by Crippen LogP contribution is 2.20. The van der Waals surface area contributed by atoms with Crippen molar-refractivity contribution < 1.29 is 28.5 Å². The Morgan fingerprint density at radius 2 is 2.00 bits per heavy atom. The lowest BCUT2D eigenvalue weighted by molar-refractivity contribution is -0.136. The molecule has 1 aliphatic heterocycles. The van der Waals surface area contributed by atoms with Crippen LogP contribution in [0.2, 0.25) is 0 Å². The molecule has 6 nitrogen and oxygen atoms in total. The normalized spacial score (nSPS) is 15.9. The fourth-order valence-electron chi connectivity index (χ4n) is 2.87. The Morgan fingerprint density at radius 3 is 2.79 bits per heavy atom. The third kappa shape index (κ3) is 5.57. The van der Waals surface area contributed by atoms with Gasteiger partial charge in [0, 0.05) is 6.61 Å². The predicted molar refractivity (Wildman–Crippen MR) is 103 cm³/mol. The number of carbonyl (C=O) groups excluding carboxylic acids is 2. The zero-order valence-electron chi connectivity index (χ0n) is 16.1. The second-order valence-corrected chi connectivity index (χ2v) is 6.79. The summed E-state index contributed by atoms with van der Waals surface area (Å²) in [6.07, 6.45) is 1.84. The van der Waals surface area contributed by atoms with Crippen LogP contribution in [0.1, 0.15) is 34.3 Å². The van der Waals surface area contributed by atoms with E-state index in [1.807, 2.05) is 32.0 Å². The van der Waals surface area contributed by atoms with E-state index in [1.165, 1.54) is 6.07 Å². The number of esters is 2. The van der Waals surface area contributed by atoms with Crippen LogP contribution in [-0.4, -0.2) is 37.9 Å². The van der Waals surface area contributed by atoms with E-state index < -0.39 is 11.9 Å². The molecule has 0 aromatic heterocycles. The summed E-state index contributed by atoms with van der Waals surface area (Å²) in [5.74, 6) is -0.115. The van der Waals surface area contributed by atoms with Crippen LogP contribution in [0.3, 0.4) is 0 Å². The van der Waals surface area contributed by atoms with Crippen molar-refractivity contribution in [3.05, 3.63) is 59.2 Å². The third-order valence-corrected chi connectivity index (χ3v) is 4.41. The third-order valence-electron chi connectivity index (χ3n) is 4.41. The van der Waals surface area contributed by atoms with Crippen LogP contribution in [0.5, 0.6) is 11.5 Å². The van der Waals surface area contributed by atoms with Gasteiger partial charge in [-0.05, 0) is 62.1 Å². The molecule has 1 saturated heterocycles. The van der Waals surface area contributed by atoms with Crippen LogP contribution in [0, 0.1) is 13.8 Å². The molecule has 28 heavy (non-hydrogen) atoms. The number of benzene rings is 2. The SMILES string of the molecule is Cc1ccc(C)c(OCC(=O)Oc2cccc(C(=O)OCC3CCCO3)c2)c1. The maximum absolute atomic E-state index is 12.2. The average molecular weight is 384 g/mol. The summed E-state index contributed by atoms with van der Waals surface area (Å²) in [5.41, 5.74) is 2.30. The Balaban J connectivity index is 1.52. The molecule has 6 heteroatoms. The van der Waals surface area contributed by atoms with Gasteiger partial charge >= 0.3 is 11.9 Å². The average Bonchev–Trinajstić information content (AvgIpc) is 3.20. The zero-order chi connectivity index (χ0) is 19.9. The van der Waals surface area contributed by atoms with Crippen LogP contribution in [0.4, 0.5) is 0 Å². The monoisotopic (exact) mass is 384 g/mol. The summed E-state index contributed by atoms with van der Waals surface area (Å²) in [4.78, 5) is 24.3. The molecule has 2 aromatic carbocycles. The maximum Gasteiger partial charge on any atom is 0.349 e. The Kier molecular flexibility index (Phi) is 6.66. The van der Waals surface area contributed by atoms with Crippen molar-refractivity contribution in [2.75, 3.05) is 19.8 Å². The highest BCUT2D eigenvalue weighted by Gasteiger charge is 2.18. The van der Waals surface area contributed by atoms with Gasteiger partial charge < -0.3 is 18.9 Å². The second-order valence-electron chi connectivity index (χ2n) is 6.79. The summed E-state index contributed by atoms with van der Waals surface area (Å²) in [6.45, 7) is 4.57. The Labute approximate surface area is 164 Å². The van der Waals surface area contributed by atoms with Crippen molar-refractivity contribution >= 4 is 11.9 Å². The van der Waals surface area contributed by atoms with Crippen molar-refractivity contribution in [3.8, 4) is 11.5 Å². The summed E-state index contributed by atoms with van der Waals surface area (Å²) in [7, 11) is 0. The molecule has 1 heterocycles. The Hall–Kier alpha value is -2.86. The van der Waals surface area contributed by atoms with Gasteiger partial charge in [-0.2, -0.15) is 0 Å². The molecular weight excluding hydrogens is 360 g/mol. The van der Waals surface area contributed by atoms with E-state index in [4.69, 9.17) is 18.9 Å². The van der Waals surface area contributed by atoms with Gasteiger partial charge in [0.1, 0.15) is 18.1 Å². The minimum Gasteiger partial charge on any atom is -0.482 e. The molecule has 3 rings (SSSR count). The molecule has 0 N–H and O–H groups in total. The van der Waals surface area contributed by atoms with E-state index >= 15 is 0 Å². The van der Waals surface area contributed by atoms with Crippen LogP contribution in [0.15, 0.2) is 42.5 Å². The van der Waals surface area contributed by atoms with Gasteiger partial charge in [0.05, 0.1) is 11.7 Å². The number of aryl methyl sites for hydroxylation is 2. The zero-order valence-corrected chi connectivity index (χ0v) is 16.1. The van der Waals surface area contributed by atoms with Gasteiger partial charge in [0.15, 0.2) is 6.61 Å². The summed E-state index contributed by atoms with van der Waals surface area (Å²) >= 11 is 0. The van der Waals surface area contributed by atoms with Crippen LogP contribution in [0.25, 0.3) is 0 Å². The highest BCUT2D eigenvalue weighted by molar-refractivity contribution is 5.90. The first-order valence-corrected chi connectivity index (χ1v) is 9.31. The van der Waals surface area contributed by atoms with Crippen molar-refractivity contribution in [1.82, 2.24) is 0 Å². The Bertz CT molecular complexity index is 839. The minimum atomic E-state index is -0.550. The molecule has 1 unspecified atom stereocenters. The smallest absolute Gasteiger partial charge is 0.349 e. The molecule has 1 atom stereocenters. The molecule has 1 fully saturated rings.